The molecule has 7 heteroatoms. The van der Waals surface area contributed by atoms with Crippen molar-refractivity contribution in [1.29, 1.82) is 0 Å². The fourth-order valence-corrected chi connectivity index (χ4v) is 4.61. The number of amides is 2. The number of carbonyl (C=O) groups is 2. The zero-order valence-electron chi connectivity index (χ0n) is 16.1. The second-order valence-electron chi connectivity index (χ2n) is 7.79. The van der Waals surface area contributed by atoms with Crippen molar-refractivity contribution in [2.45, 2.75) is 46.5 Å². The molecule has 2 aliphatic rings. The fraction of sp³-hybridized carbons (Fsp3) is 0.737. The minimum atomic E-state index is -0.0429. The lowest BCUT2D eigenvalue weighted by Crippen LogP contribution is -2.48. The number of rotatable bonds is 4. The van der Waals surface area contributed by atoms with E-state index < -0.39 is 0 Å². The summed E-state index contributed by atoms with van der Waals surface area (Å²) in [6.07, 6.45) is 4.13. The standard InChI is InChI=1S/C19H30N4O2S/c1-13-6-9-23(10-7-13)18(25)16-5-4-8-22(11-16)12-17(24)21-19-20-14(2)15(3)26-19/h13,16H,4-12H2,1-3H3,(H,20,21,24). The zero-order valence-corrected chi connectivity index (χ0v) is 16.9. The van der Waals surface area contributed by atoms with E-state index in [1.165, 1.54) is 11.3 Å². The highest BCUT2D eigenvalue weighted by molar-refractivity contribution is 7.15. The molecule has 6 nitrogen and oxygen atoms in total. The molecule has 1 aromatic rings. The molecule has 0 aromatic carbocycles. The number of aryl methyl sites for hydroxylation is 2. The number of piperidine rings is 2. The van der Waals surface area contributed by atoms with Crippen molar-refractivity contribution in [3.8, 4) is 0 Å². The van der Waals surface area contributed by atoms with E-state index in [0.717, 1.165) is 61.8 Å². The summed E-state index contributed by atoms with van der Waals surface area (Å²) in [6.45, 7) is 9.89. The van der Waals surface area contributed by atoms with Gasteiger partial charge in [0.25, 0.3) is 0 Å². The molecule has 0 spiro atoms. The maximum Gasteiger partial charge on any atom is 0.240 e. The summed E-state index contributed by atoms with van der Waals surface area (Å²) in [6, 6.07) is 0. The minimum absolute atomic E-state index is 0.0364. The quantitative estimate of drug-likeness (QED) is 0.875. The zero-order chi connectivity index (χ0) is 18.7. The van der Waals surface area contributed by atoms with Crippen LogP contribution in [-0.2, 0) is 9.59 Å². The Labute approximate surface area is 160 Å². The van der Waals surface area contributed by atoms with E-state index in [4.69, 9.17) is 0 Å². The topological polar surface area (TPSA) is 65.5 Å². The van der Waals surface area contributed by atoms with Crippen LogP contribution in [0.25, 0.3) is 0 Å². The van der Waals surface area contributed by atoms with E-state index in [2.05, 4.69) is 22.1 Å². The number of thiazole rings is 1. The molecule has 1 aromatic heterocycles. The van der Waals surface area contributed by atoms with Crippen molar-refractivity contribution in [3.05, 3.63) is 10.6 Å². The van der Waals surface area contributed by atoms with Crippen molar-refractivity contribution in [2.75, 3.05) is 38.0 Å². The summed E-state index contributed by atoms with van der Waals surface area (Å²) < 4.78 is 0. The van der Waals surface area contributed by atoms with Crippen LogP contribution in [0.4, 0.5) is 5.13 Å². The molecule has 2 aliphatic heterocycles. The SMILES string of the molecule is Cc1nc(NC(=O)CN2CCCC(C(=O)N3CCC(C)CC3)C2)sc1C. The van der Waals surface area contributed by atoms with E-state index in [0.29, 0.717) is 18.2 Å². The normalized spacial score (nSPS) is 22.4. The number of nitrogens with zero attached hydrogens (tertiary/aromatic N) is 3. The average molecular weight is 379 g/mol. The molecule has 26 heavy (non-hydrogen) atoms. The number of aromatic nitrogens is 1. The number of carbonyl (C=O) groups excluding carboxylic acids is 2. The third kappa shape index (κ3) is 4.82. The molecule has 2 amide bonds. The van der Waals surface area contributed by atoms with Gasteiger partial charge in [-0.1, -0.05) is 6.92 Å². The van der Waals surface area contributed by atoms with Crippen LogP contribution in [0.1, 0.15) is 43.2 Å². The van der Waals surface area contributed by atoms with Crippen molar-refractivity contribution in [3.63, 3.8) is 0 Å². The lowest BCUT2D eigenvalue weighted by Gasteiger charge is -2.37. The number of hydrogen-bond donors (Lipinski definition) is 1. The molecular formula is C19H30N4O2S. The summed E-state index contributed by atoms with van der Waals surface area (Å²) >= 11 is 1.51. The van der Waals surface area contributed by atoms with Crippen LogP contribution < -0.4 is 5.32 Å². The van der Waals surface area contributed by atoms with Gasteiger partial charge in [-0.05, 0) is 52.0 Å². The van der Waals surface area contributed by atoms with Crippen LogP contribution in [0.15, 0.2) is 0 Å². The Kier molecular flexibility index (Phi) is 6.29. The molecule has 144 valence electrons. The molecule has 1 N–H and O–H groups in total. The van der Waals surface area contributed by atoms with Gasteiger partial charge in [0.05, 0.1) is 18.2 Å². The molecule has 0 bridgehead atoms. The Balaban J connectivity index is 1.49. The first-order chi connectivity index (χ1) is 12.4. The van der Waals surface area contributed by atoms with E-state index in [1.807, 2.05) is 18.7 Å². The molecular weight excluding hydrogens is 348 g/mol. The molecule has 2 saturated heterocycles. The second-order valence-corrected chi connectivity index (χ2v) is 8.99. The van der Waals surface area contributed by atoms with Gasteiger partial charge >= 0.3 is 0 Å². The summed E-state index contributed by atoms with van der Waals surface area (Å²) in [7, 11) is 0. The highest BCUT2D eigenvalue weighted by Gasteiger charge is 2.31. The summed E-state index contributed by atoms with van der Waals surface area (Å²) in [4.78, 5) is 34.8. The Morgan fingerprint density at radius 1 is 1.19 bits per heavy atom. The van der Waals surface area contributed by atoms with E-state index in [1.54, 1.807) is 0 Å². The first kappa shape index (κ1) is 19.3. The highest BCUT2D eigenvalue weighted by Crippen LogP contribution is 2.24. The van der Waals surface area contributed by atoms with Gasteiger partial charge in [-0.15, -0.1) is 11.3 Å². The molecule has 3 rings (SSSR count). The maximum absolute atomic E-state index is 12.8. The largest absolute Gasteiger partial charge is 0.342 e. The van der Waals surface area contributed by atoms with E-state index in [-0.39, 0.29) is 17.7 Å². The molecule has 0 radical (unpaired) electrons. The Morgan fingerprint density at radius 2 is 1.92 bits per heavy atom. The molecule has 2 fully saturated rings. The minimum Gasteiger partial charge on any atom is -0.342 e. The van der Waals surface area contributed by atoms with Crippen LogP contribution in [0.2, 0.25) is 0 Å². The van der Waals surface area contributed by atoms with Gasteiger partial charge in [0.1, 0.15) is 0 Å². The second kappa shape index (κ2) is 8.48. The Bertz CT molecular complexity index is 632. The summed E-state index contributed by atoms with van der Waals surface area (Å²) in [5.74, 6) is 1.00. The predicted octanol–water partition coefficient (Wildman–Crippen LogP) is 2.67. The van der Waals surface area contributed by atoms with Crippen LogP contribution in [0.3, 0.4) is 0 Å². The van der Waals surface area contributed by atoms with Crippen molar-refractivity contribution in [1.82, 2.24) is 14.8 Å². The van der Waals surface area contributed by atoms with Gasteiger partial charge in [-0.2, -0.15) is 0 Å². The smallest absolute Gasteiger partial charge is 0.240 e. The van der Waals surface area contributed by atoms with Crippen LogP contribution in [0.5, 0.6) is 0 Å². The maximum atomic E-state index is 12.8. The lowest BCUT2D eigenvalue weighted by atomic mass is 9.93. The first-order valence-electron chi connectivity index (χ1n) is 9.67. The summed E-state index contributed by atoms with van der Waals surface area (Å²) in [5.41, 5.74) is 0.963. The van der Waals surface area contributed by atoms with Crippen LogP contribution >= 0.6 is 11.3 Å². The third-order valence-electron chi connectivity index (χ3n) is 5.59. The predicted molar refractivity (Wildman–Crippen MR) is 104 cm³/mol. The Morgan fingerprint density at radius 3 is 2.58 bits per heavy atom. The number of nitrogens with one attached hydrogen (secondary N) is 1. The van der Waals surface area contributed by atoms with Gasteiger partial charge < -0.3 is 10.2 Å². The van der Waals surface area contributed by atoms with Crippen molar-refractivity contribution in [2.24, 2.45) is 11.8 Å². The van der Waals surface area contributed by atoms with Gasteiger partial charge in [0, 0.05) is 24.5 Å². The molecule has 1 atom stereocenters. The van der Waals surface area contributed by atoms with Crippen LogP contribution in [0, 0.1) is 25.7 Å². The number of hydrogen-bond acceptors (Lipinski definition) is 5. The van der Waals surface area contributed by atoms with Crippen LogP contribution in [-0.4, -0.2) is 59.3 Å². The molecule has 0 aliphatic carbocycles. The molecule has 3 heterocycles. The number of anilines is 1. The highest BCUT2D eigenvalue weighted by atomic mass is 32.1. The molecule has 0 saturated carbocycles. The molecule has 1 unspecified atom stereocenters. The Hall–Kier alpha value is -1.47. The van der Waals surface area contributed by atoms with Gasteiger partial charge in [-0.3, -0.25) is 14.5 Å². The van der Waals surface area contributed by atoms with Crippen molar-refractivity contribution < 1.29 is 9.59 Å². The van der Waals surface area contributed by atoms with Gasteiger partial charge in [0.15, 0.2) is 5.13 Å². The van der Waals surface area contributed by atoms with Crippen molar-refractivity contribution >= 4 is 28.3 Å². The fourth-order valence-electron chi connectivity index (χ4n) is 3.78. The van der Waals surface area contributed by atoms with E-state index in [9.17, 15) is 9.59 Å². The monoisotopic (exact) mass is 378 g/mol. The first-order valence-corrected chi connectivity index (χ1v) is 10.5. The van der Waals surface area contributed by atoms with Gasteiger partial charge in [-0.25, -0.2) is 4.98 Å². The average Bonchev–Trinajstić information content (AvgIpc) is 2.92. The third-order valence-corrected chi connectivity index (χ3v) is 6.58. The lowest BCUT2D eigenvalue weighted by molar-refractivity contribution is -0.139. The van der Waals surface area contributed by atoms with Gasteiger partial charge in [0.2, 0.25) is 11.8 Å². The van der Waals surface area contributed by atoms with E-state index >= 15 is 0 Å². The number of likely N-dealkylation sites (tertiary alicyclic amines) is 2. The summed E-state index contributed by atoms with van der Waals surface area (Å²) in [5, 5.41) is 3.56.